The Morgan fingerprint density at radius 1 is 1.27 bits per heavy atom. The summed E-state index contributed by atoms with van der Waals surface area (Å²) in [5.41, 5.74) is 2.60. The maximum absolute atomic E-state index is 12.3. The maximum atomic E-state index is 12.3. The van der Waals surface area contributed by atoms with Crippen molar-refractivity contribution >= 4 is 23.2 Å². The summed E-state index contributed by atoms with van der Waals surface area (Å²) in [6.07, 6.45) is 4.74. The second-order valence-corrected chi connectivity index (χ2v) is 5.03. The van der Waals surface area contributed by atoms with Crippen molar-refractivity contribution < 1.29 is 4.79 Å². The summed E-state index contributed by atoms with van der Waals surface area (Å²) in [6, 6.07) is 6.79. The third kappa shape index (κ3) is 2.94. The van der Waals surface area contributed by atoms with E-state index >= 15 is 0 Å². The highest BCUT2D eigenvalue weighted by Gasteiger charge is 2.12. The Balaban J connectivity index is 1.84. The van der Waals surface area contributed by atoms with Crippen molar-refractivity contribution in [2.45, 2.75) is 6.92 Å². The number of amides is 1. The van der Waals surface area contributed by atoms with E-state index in [2.05, 4.69) is 25.8 Å². The number of benzene rings is 1. The third-order valence-corrected chi connectivity index (χ3v) is 3.26. The van der Waals surface area contributed by atoms with Crippen LogP contribution in [0.1, 0.15) is 15.9 Å². The van der Waals surface area contributed by atoms with Crippen molar-refractivity contribution in [3.05, 3.63) is 59.1 Å². The molecule has 3 rings (SSSR count). The Morgan fingerprint density at radius 3 is 2.82 bits per heavy atom. The van der Waals surface area contributed by atoms with Crippen LogP contribution in [0.25, 0.3) is 5.69 Å². The zero-order valence-corrected chi connectivity index (χ0v) is 12.3. The van der Waals surface area contributed by atoms with Crippen LogP contribution >= 0.6 is 11.6 Å². The average molecular weight is 315 g/mol. The Hall–Kier alpha value is -2.80. The molecule has 0 bridgehead atoms. The number of hydrogen-bond acceptors (Lipinski definition) is 5. The first-order valence-corrected chi connectivity index (χ1v) is 6.77. The molecular formula is C14H11ClN6O. The number of nitrogens with zero attached hydrogens (tertiary/aromatic N) is 5. The molecule has 7 nitrogen and oxygen atoms in total. The van der Waals surface area contributed by atoms with Gasteiger partial charge in [0.25, 0.3) is 5.91 Å². The minimum Gasteiger partial charge on any atom is -0.321 e. The van der Waals surface area contributed by atoms with Crippen LogP contribution in [0.15, 0.2) is 43.0 Å². The number of aryl methyl sites for hydroxylation is 1. The van der Waals surface area contributed by atoms with Crippen LogP contribution in [0, 0.1) is 6.92 Å². The number of pyridine rings is 1. The summed E-state index contributed by atoms with van der Waals surface area (Å²) in [5, 5.41) is 13.9. The molecule has 0 radical (unpaired) electrons. The van der Waals surface area contributed by atoms with Gasteiger partial charge < -0.3 is 5.32 Å². The molecule has 1 amide bonds. The molecule has 2 heterocycles. The quantitative estimate of drug-likeness (QED) is 0.801. The molecule has 0 aliphatic heterocycles. The molecule has 0 fully saturated rings. The second kappa shape index (κ2) is 5.90. The van der Waals surface area contributed by atoms with E-state index in [9.17, 15) is 4.79 Å². The van der Waals surface area contributed by atoms with Gasteiger partial charge in [0.2, 0.25) is 0 Å². The number of rotatable bonds is 3. The lowest BCUT2D eigenvalue weighted by atomic mass is 10.2. The first kappa shape index (κ1) is 14.2. The minimum absolute atomic E-state index is 0.305. The molecule has 0 saturated carbocycles. The van der Waals surface area contributed by atoms with Gasteiger partial charge in [-0.05, 0) is 47.2 Å². The summed E-state index contributed by atoms with van der Waals surface area (Å²) in [5.74, 6) is -0.305. The lowest BCUT2D eigenvalue weighted by Gasteiger charge is -2.08. The summed E-state index contributed by atoms with van der Waals surface area (Å²) in [4.78, 5) is 16.3. The van der Waals surface area contributed by atoms with Crippen LogP contribution in [-0.4, -0.2) is 31.1 Å². The minimum atomic E-state index is -0.305. The smallest absolute Gasteiger partial charge is 0.257 e. The van der Waals surface area contributed by atoms with Crippen LogP contribution in [0.3, 0.4) is 0 Å². The lowest BCUT2D eigenvalue weighted by molar-refractivity contribution is 0.102. The van der Waals surface area contributed by atoms with Gasteiger partial charge in [-0.3, -0.25) is 9.78 Å². The predicted octanol–water partition coefficient (Wildman–Crippen LogP) is 2.27. The van der Waals surface area contributed by atoms with E-state index in [1.54, 1.807) is 30.6 Å². The molecule has 0 atom stereocenters. The fourth-order valence-corrected chi connectivity index (χ4v) is 2.19. The molecule has 110 valence electrons. The standard InChI is InChI=1S/C14H11ClN6O/c1-9-4-10(7-16-6-9)18-14(22)12-3-2-11(5-13(12)15)21-8-17-19-20-21/h2-8H,1H3,(H,18,22). The molecular weight excluding hydrogens is 304 g/mol. The fraction of sp³-hybridized carbons (Fsp3) is 0.0714. The van der Waals surface area contributed by atoms with E-state index < -0.39 is 0 Å². The van der Waals surface area contributed by atoms with Crippen LogP contribution in [0.4, 0.5) is 5.69 Å². The summed E-state index contributed by atoms with van der Waals surface area (Å²) < 4.78 is 1.46. The number of tetrazole rings is 1. The molecule has 0 aliphatic carbocycles. The van der Waals surface area contributed by atoms with Gasteiger partial charge in [-0.25, -0.2) is 4.68 Å². The van der Waals surface area contributed by atoms with Gasteiger partial charge in [-0.15, -0.1) is 5.10 Å². The average Bonchev–Trinajstić information content (AvgIpc) is 3.01. The lowest BCUT2D eigenvalue weighted by Crippen LogP contribution is -2.13. The van der Waals surface area contributed by atoms with E-state index in [1.807, 2.05) is 13.0 Å². The molecule has 3 aromatic rings. The molecule has 2 aromatic heterocycles. The van der Waals surface area contributed by atoms with E-state index in [0.717, 1.165) is 5.56 Å². The third-order valence-electron chi connectivity index (χ3n) is 2.94. The molecule has 0 spiro atoms. The number of aromatic nitrogens is 5. The molecule has 0 unspecified atom stereocenters. The molecule has 0 saturated heterocycles. The normalized spacial score (nSPS) is 10.5. The first-order chi connectivity index (χ1) is 10.6. The SMILES string of the molecule is Cc1cncc(NC(=O)c2ccc(-n3cnnn3)cc2Cl)c1. The molecule has 22 heavy (non-hydrogen) atoms. The number of nitrogens with one attached hydrogen (secondary N) is 1. The predicted molar refractivity (Wildman–Crippen MR) is 81.1 cm³/mol. The summed E-state index contributed by atoms with van der Waals surface area (Å²) in [7, 11) is 0. The topological polar surface area (TPSA) is 85.6 Å². The van der Waals surface area contributed by atoms with Gasteiger partial charge in [0.05, 0.1) is 28.2 Å². The van der Waals surface area contributed by atoms with Crippen molar-refractivity contribution in [3.63, 3.8) is 0 Å². The Morgan fingerprint density at radius 2 is 2.14 bits per heavy atom. The second-order valence-electron chi connectivity index (χ2n) is 4.62. The van der Waals surface area contributed by atoms with Gasteiger partial charge in [0.1, 0.15) is 6.33 Å². The van der Waals surface area contributed by atoms with Crippen LogP contribution < -0.4 is 5.32 Å². The van der Waals surface area contributed by atoms with E-state index in [1.165, 1.54) is 11.0 Å². The van der Waals surface area contributed by atoms with Crippen molar-refractivity contribution in [2.24, 2.45) is 0 Å². The van der Waals surface area contributed by atoms with Crippen molar-refractivity contribution in [2.75, 3.05) is 5.32 Å². The summed E-state index contributed by atoms with van der Waals surface area (Å²) >= 11 is 6.18. The first-order valence-electron chi connectivity index (χ1n) is 6.39. The molecule has 1 N–H and O–H groups in total. The van der Waals surface area contributed by atoms with Crippen LogP contribution in [-0.2, 0) is 0 Å². The highest BCUT2D eigenvalue weighted by molar-refractivity contribution is 6.34. The highest BCUT2D eigenvalue weighted by Crippen LogP contribution is 2.21. The molecule has 1 aromatic carbocycles. The van der Waals surface area contributed by atoms with E-state index in [4.69, 9.17) is 11.6 Å². The largest absolute Gasteiger partial charge is 0.321 e. The number of carbonyl (C=O) groups is 1. The van der Waals surface area contributed by atoms with Gasteiger partial charge >= 0.3 is 0 Å². The van der Waals surface area contributed by atoms with Crippen LogP contribution in [0.2, 0.25) is 5.02 Å². The zero-order valence-electron chi connectivity index (χ0n) is 11.6. The monoisotopic (exact) mass is 314 g/mol. The maximum Gasteiger partial charge on any atom is 0.257 e. The van der Waals surface area contributed by atoms with Gasteiger partial charge in [0, 0.05) is 6.20 Å². The molecule has 0 aliphatic rings. The number of anilines is 1. The van der Waals surface area contributed by atoms with Gasteiger partial charge in [0.15, 0.2) is 0 Å². The number of hydrogen-bond donors (Lipinski definition) is 1. The van der Waals surface area contributed by atoms with Crippen LogP contribution in [0.5, 0.6) is 0 Å². The number of halogens is 1. The van der Waals surface area contributed by atoms with Crippen molar-refractivity contribution in [1.29, 1.82) is 0 Å². The Bertz CT molecular complexity index is 818. The number of carbonyl (C=O) groups excluding carboxylic acids is 1. The van der Waals surface area contributed by atoms with E-state index in [-0.39, 0.29) is 5.91 Å². The summed E-state index contributed by atoms with van der Waals surface area (Å²) in [6.45, 7) is 1.90. The van der Waals surface area contributed by atoms with Crippen molar-refractivity contribution in [3.8, 4) is 5.69 Å². The Labute approximate surface area is 130 Å². The fourth-order valence-electron chi connectivity index (χ4n) is 1.93. The van der Waals surface area contributed by atoms with Gasteiger partial charge in [-0.1, -0.05) is 11.6 Å². The zero-order chi connectivity index (χ0) is 15.5. The van der Waals surface area contributed by atoms with E-state index in [0.29, 0.717) is 22.0 Å². The van der Waals surface area contributed by atoms with Crippen molar-refractivity contribution in [1.82, 2.24) is 25.2 Å². The van der Waals surface area contributed by atoms with Gasteiger partial charge in [-0.2, -0.15) is 0 Å². The molecule has 8 heteroatoms. The highest BCUT2D eigenvalue weighted by atomic mass is 35.5. The Kier molecular flexibility index (Phi) is 3.80.